The fraction of sp³-hybridized carbons (Fsp3) is 0.312. The van der Waals surface area contributed by atoms with Crippen LogP contribution in [0.3, 0.4) is 0 Å². The lowest BCUT2D eigenvalue weighted by Crippen LogP contribution is -2.28. The first-order valence-electron chi connectivity index (χ1n) is 7.34. The molecular weight excluding hydrogens is 292 g/mol. The fourth-order valence-electron chi connectivity index (χ4n) is 2.20. The van der Waals surface area contributed by atoms with Crippen molar-refractivity contribution in [2.45, 2.75) is 24.9 Å². The van der Waals surface area contributed by atoms with E-state index < -0.39 is 0 Å². The Morgan fingerprint density at radius 2 is 2.22 bits per heavy atom. The first kappa shape index (κ1) is 14.9. The standard InChI is InChI=1S/C16H16N6O/c1-2-3-7-16(20-21-16)8-10-18-15(23)13-11-19-22(12-13)14-6-4-5-9-17-14/h1,4-6,9,11-12H,3,7-8,10H2,(H,18,23). The molecule has 116 valence electrons. The van der Waals surface area contributed by atoms with Gasteiger partial charge in [0.15, 0.2) is 11.5 Å². The molecule has 0 radical (unpaired) electrons. The molecule has 0 unspecified atom stereocenters. The highest BCUT2D eigenvalue weighted by molar-refractivity contribution is 5.93. The van der Waals surface area contributed by atoms with Gasteiger partial charge in [-0.25, -0.2) is 9.67 Å². The molecule has 0 spiro atoms. The Morgan fingerprint density at radius 1 is 1.35 bits per heavy atom. The quantitative estimate of drug-likeness (QED) is 0.793. The second-order valence-corrected chi connectivity index (χ2v) is 5.25. The lowest BCUT2D eigenvalue weighted by atomic mass is 10.0. The first-order chi connectivity index (χ1) is 11.2. The maximum absolute atomic E-state index is 12.1. The molecule has 3 rings (SSSR count). The SMILES string of the molecule is C#CCCC1(CCNC(=O)c2cnn(-c3ccccn3)c2)N=N1. The highest BCUT2D eigenvalue weighted by atomic mass is 16.1. The summed E-state index contributed by atoms with van der Waals surface area (Å²) in [4.78, 5) is 16.3. The summed E-state index contributed by atoms with van der Waals surface area (Å²) < 4.78 is 1.56. The zero-order valence-electron chi connectivity index (χ0n) is 12.5. The number of nitrogens with zero attached hydrogens (tertiary/aromatic N) is 5. The number of carbonyl (C=O) groups is 1. The van der Waals surface area contributed by atoms with Crippen LogP contribution < -0.4 is 5.32 Å². The third kappa shape index (κ3) is 3.61. The number of pyridine rings is 1. The van der Waals surface area contributed by atoms with E-state index in [1.54, 1.807) is 17.1 Å². The van der Waals surface area contributed by atoms with Crippen molar-refractivity contribution in [2.75, 3.05) is 6.54 Å². The summed E-state index contributed by atoms with van der Waals surface area (Å²) in [5.41, 5.74) is 0.107. The average Bonchev–Trinajstić information content (AvgIpc) is 3.17. The van der Waals surface area contributed by atoms with Gasteiger partial charge in [-0.15, -0.1) is 12.3 Å². The number of hydrogen-bond acceptors (Lipinski definition) is 5. The van der Waals surface area contributed by atoms with Gasteiger partial charge in [0.1, 0.15) is 0 Å². The van der Waals surface area contributed by atoms with E-state index in [9.17, 15) is 4.79 Å². The van der Waals surface area contributed by atoms with E-state index in [0.29, 0.717) is 30.8 Å². The number of amides is 1. The molecule has 0 aromatic carbocycles. The largest absolute Gasteiger partial charge is 0.352 e. The van der Waals surface area contributed by atoms with Gasteiger partial charge in [0.05, 0.1) is 11.8 Å². The molecule has 0 atom stereocenters. The summed E-state index contributed by atoms with van der Waals surface area (Å²) in [7, 11) is 0. The van der Waals surface area contributed by atoms with Crippen molar-refractivity contribution in [3.8, 4) is 18.2 Å². The molecule has 7 heteroatoms. The zero-order chi connectivity index (χ0) is 16.1. The predicted octanol–water partition coefficient (Wildman–Crippen LogP) is 1.96. The van der Waals surface area contributed by atoms with Gasteiger partial charge in [-0.1, -0.05) is 6.07 Å². The minimum atomic E-state index is -0.377. The molecule has 7 nitrogen and oxygen atoms in total. The summed E-state index contributed by atoms with van der Waals surface area (Å²) >= 11 is 0. The van der Waals surface area contributed by atoms with Crippen LogP contribution in [0, 0.1) is 12.3 Å². The number of aromatic nitrogens is 3. The minimum absolute atomic E-state index is 0.181. The van der Waals surface area contributed by atoms with E-state index in [1.165, 1.54) is 6.20 Å². The predicted molar refractivity (Wildman–Crippen MR) is 84.0 cm³/mol. The van der Waals surface area contributed by atoms with Gasteiger partial charge in [-0.05, 0) is 12.1 Å². The van der Waals surface area contributed by atoms with Crippen molar-refractivity contribution >= 4 is 5.91 Å². The Morgan fingerprint density at radius 3 is 2.91 bits per heavy atom. The molecule has 1 aliphatic rings. The number of terminal acetylenes is 1. The molecule has 2 aromatic rings. The second kappa shape index (κ2) is 6.40. The first-order valence-corrected chi connectivity index (χ1v) is 7.34. The summed E-state index contributed by atoms with van der Waals surface area (Å²) in [6.07, 6.45) is 12.1. The third-order valence-electron chi connectivity index (χ3n) is 3.59. The summed E-state index contributed by atoms with van der Waals surface area (Å²) in [6, 6.07) is 5.51. The molecule has 0 bridgehead atoms. The molecule has 3 heterocycles. The van der Waals surface area contributed by atoms with E-state index in [1.807, 2.05) is 18.2 Å². The van der Waals surface area contributed by atoms with Gasteiger partial charge < -0.3 is 5.32 Å². The number of rotatable bonds is 7. The third-order valence-corrected chi connectivity index (χ3v) is 3.59. The van der Waals surface area contributed by atoms with Crippen molar-refractivity contribution in [3.63, 3.8) is 0 Å². The Kier molecular flexibility index (Phi) is 4.15. The maximum atomic E-state index is 12.1. The normalized spacial score (nSPS) is 14.2. The zero-order valence-corrected chi connectivity index (χ0v) is 12.5. The lowest BCUT2D eigenvalue weighted by Gasteiger charge is -2.09. The minimum Gasteiger partial charge on any atom is -0.352 e. The molecular formula is C16H16N6O. The Labute approximate surface area is 133 Å². The van der Waals surface area contributed by atoms with Crippen LogP contribution in [0.1, 0.15) is 29.6 Å². The van der Waals surface area contributed by atoms with Gasteiger partial charge in [0.2, 0.25) is 0 Å². The van der Waals surface area contributed by atoms with Crippen molar-refractivity contribution in [2.24, 2.45) is 10.2 Å². The summed E-state index contributed by atoms with van der Waals surface area (Å²) in [5.74, 6) is 3.06. The topological polar surface area (TPSA) is 84.5 Å². The van der Waals surface area contributed by atoms with Crippen LogP contribution in [0.4, 0.5) is 0 Å². The van der Waals surface area contributed by atoms with Crippen LogP contribution in [-0.4, -0.2) is 32.9 Å². The number of carbonyl (C=O) groups excluding carboxylic acids is 1. The van der Waals surface area contributed by atoms with E-state index >= 15 is 0 Å². The molecule has 0 saturated heterocycles. The molecule has 1 N–H and O–H groups in total. The van der Waals surface area contributed by atoms with E-state index in [-0.39, 0.29) is 11.6 Å². The van der Waals surface area contributed by atoms with Crippen LogP contribution in [0.25, 0.3) is 5.82 Å². The Balaban J connectivity index is 1.52. The van der Waals surface area contributed by atoms with Crippen LogP contribution in [0.5, 0.6) is 0 Å². The number of nitrogens with one attached hydrogen (secondary N) is 1. The van der Waals surface area contributed by atoms with Crippen LogP contribution in [0.15, 0.2) is 47.0 Å². The van der Waals surface area contributed by atoms with Crippen molar-refractivity contribution in [3.05, 3.63) is 42.4 Å². The van der Waals surface area contributed by atoms with Gasteiger partial charge in [-0.3, -0.25) is 4.79 Å². The average molecular weight is 308 g/mol. The summed E-state index contributed by atoms with van der Waals surface area (Å²) in [6.45, 7) is 0.491. The maximum Gasteiger partial charge on any atom is 0.254 e. The Hall–Kier alpha value is -3.01. The highest BCUT2D eigenvalue weighted by Gasteiger charge is 2.38. The molecule has 0 fully saturated rings. The fourth-order valence-corrected chi connectivity index (χ4v) is 2.20. The van der Waals surface area contributed by atoms with Gasteiger partial charge in [0.25, 0.3) is 5.91 Å². The smallest absolute Gasteiger partial charge is 0.254 e. The molecule has 0 aliphatic carbocycles. The molecule has 1 aliphatic heterocycles. The van der Waals surface area contributed by atoms with Crippen molar-refractivity contribution in [1.29, 1.82) is 0 Å². The van der Waals surface area contributed by atoms with E-state index in [2.05, 4.69) is 31.5 Å². The van der Waals surface area contributed by atoms with Crippen molar-refractivity contribution in [1.82, 2.24) is 20.1 Å². The van der Waals surface area contributed by atoms with E-state index in [4.69, 9.17) is 6.42 Å². The lowest BCUT2D eigenvalue weighted by molar-refractivity contribution is 0.0952. The van der Waals surface area contributed by atoms with Crippen molar-refractivity contribution < 1.29 is 4.79 Å². The molecule has 2 aromatic heterocycles. The Bertz CT molecular complexity index is 752. The van der Waals surface area contributed by atoms with Crippen LogP contribution in [0.2, 0.25) is 0 Å². The molecule has 0 saturated carbocycles. The second-order valence-electron chi connectivity index (χ2n) is 5.25. The highest BCUT2D eigenvalue weighted by Crippen LogP contribution is 2.35. The van der Waals surface area contributed by atoms with Crippen LogP contribution in [-0.2, 0) is 0 Å². The van der Waals surface area contributed by atoms with Gasteiger partial charge in [0, 0.05) is 38.2 Å². The van der Waals surface area contributed by atoms with E-state index in [0.717, 1.165) is 6.42 Å². The van der Waals surface area contributed by atoms with Crippen LogP contribution >= 0.6 is 0 Å². The number of hydrogen-bond donors (Lipinski definition) is 1. The van der Waals surface area contributed by atoms with Gasteiger partial charge >= 0.3 is 0 Å². The van der Waals surface area contributed by atoms with Gasteiger partial charge in [-0.2, -0.15) is 15.3 Å². The summed E-state index contributed by atoms with van der Waals surface area (Å²) in [5, 5.41) is 15.1. The molecule has 23 heavy (non-hydrogen) atoms. The molecule has 1 amide bonds. The monoisotopic (exact) mass is 308 g/mol.